The summed E-state index contributed by atoms with van der Waals surface area (Å²) in [6.45, 7) is 4.94. The summed E-state index contributed by atoms with van der Waals surface area (Å²) in [7, 11) is 0. The van der Waals surface area contributed by atoms with Crippen LogP contribution in [0.1, 0.15) is 32.8 Å². The third-order valence-corrected chi connectivity index (χ3v) is 7.44. The van der Waals surface area contributed by atoms with Gasteiger partial charge in [-0.2, -0.15) is 0 Å². The lowest BCUT2D eigenvalue weighted by Crippen LogP contribution is -2.34. The number of ether oxygens (including phenoxy) is 1. The quantitative estimate of drug-likeness (QED) is 0.347. The largest absolute Gasteiger partial charge is 0.459 e. The molecule has 1 amide bonds. The molecule has 8 nitrogen and oxygen atoms in total. The molecule has 0 aliphatic heterocycles. The van der Waals surface area contributed by atoms with Crippen LogP contribution < -0.4 is 27.0 Å². The van der Waals surface area contributed by atoms with Gasteiger partial charge in [-0.25, -0.2) is 0 Å². The molecule has 0 fully saturated rings. The van der Waals surface area contributed by atoms with Gasteiger partial charge in [0.25, 0.3) is 0 Å². The maximum Gasteiger partial charge on any atom is 0.325 e. The number of esters is 1. The smallest absolute Gasteiger partial charge is 0.325 e. The molecule has 5 aromatic rings. The Hall–Kier alpha value is -4.24. The van der Waals surface area contributed by atoms with Gasteiger partial charge in [0.1, 0.15) is 12.1 Å². The first-order valence-corrected chi connectivity index (χ1v) is 12.8. The van der Waals surface area contributed by atoms with Crippen LogP contribution in [0.5, 0.6) is 0 Å². The van der Waals surface area contributed by atoms with Crippen molar-refractivity contribution in [2.45, 2.75) is 39.2 Å². The molecular weight excluding hydrogens is 506 g/mol. The van der Waals surface area contributed by atoms with E-state index in [4.69, 9.17) is 4.74 Å². The molecule has 38 heavy (non-hydrogen) atoms. The zero-order valence-electron chi connectivity index (χ0n) is 20.9. The zero-order valence-corrected chi connectivity index (χ0v) is 21.7. The second kappa shape index (κ2) is 9.25. The van der Waals surface area contributed by atoms with E-state index in [-0.39, 0.29) is 72.4 Å². The number of carbonyl (C=O) groups excluding carboxylic acids is 2. The number of hydrogen-bond acceptors (Lipinski definition) is 8. The van der Waals surface area contributed by atoms with Crippen LogP contribution in [0.3, 0.4) is 0 Å². The summed E-state index contributed by atoms with van der Waals surface area (Å²) in [6, 6.07) is 11.1. The summed E-state index contributed by atoms with van der Waals surface area (Å²) in [4.78, 5) is 77.3. The van der Waals surface area contributed by atoms with Crippen LogP contribution in [0.4, 0.5) is 0 Å². The lowest BCUT2D eigenvalue weighted by molar-refractivity contribution is -0.154. The van der Waals surface area contributed by atoms with E-state index in [1.807, 2.05) is 0 Å². The first-order chi connectivity index (χ1) is 18.0. The minimum Gasteiger partial charge on any atom is -0.459 e. The third-order valence-electron chi connectivity index (χ3n) is 6.26. The lowest BCUT2D eigenvalue weighted by Gasteiger charge is -2.19. The minimum atomic E-state index is -0.655. The molecule has 0 saturated carbocycles. The second-order valence-electron chi connectivity index (χ2n) is 10.1. The van der Waals surface area contributed by atoms with Crippen molar-refractivity contribution in [2.75, 3.05) is 6.54 Å². The normalized spacial score (nSPS) is 12.0. The number of nitrogens with one attached hydrogen (secondary N) is 1. The highest BCUT2D eigenvalue weighted by Gasteiger charge is 2.22. The van der Waals surface area contributed by atoms with Gasteiger partial charge in [0.15, 0.2) is 10.9 Å². The number of aryl methyl sites for hydroxylation is 1. The number of benzene rings is 4. The molecule has 0 aliphatic carbocycles. The number of thiophene rings is 1. The molecule has 0 aliphatic rings. The zero-order chi connectivity index (χ0) is 27.4. The Bertz CT molecular complexity index is 2010. The molecular formula is C29H23NO7S. The van der Waals surface area contributed by atoms with Gasteiger partial charge in [0, 0.05) is 28.0 Å². The SMILES string of the molecule is CC(C)(C)OC(=O)CNC(=O)CCc1ccc2c(=O)c3sc4c(=O)c5ccccc5c(=O)c4c3c(=O)c2c1. The molecule has 192 valence electrons. The van der Waals surface area contributed by atoms with Crippen molar-refractivity contribution in [2.24, 2.45) is 0 Å². The fraction of sp³-hybridized carbons (Fsp3) is 0.241. The van der Waals surface area contributed by atoms with E-state index < -0.39 is 27.9 Å². The Labute approximate surface area is 219 Å². The van der Waals surface area contributed by atoms with Gasteiger partial charge in [-0.3, -0.25) is 28.8 Å². The van der Waals surface area contributed by atoms with Crippen molar-refractivity contribution in [1.29, 1.82) is 0 Å². The van der Waals surface area contributed by atoms with Crippen molar-refractivity contribution in [1.82, 2.24) is 5.32 Å². The lowest BCUT2D eigenvalue weighted by atomic mass is 9.99. The average molecular weight is 530 g/mol. The molecule has 9 heteroatoms. The fourth-order valence-electron chi connectivity index (χ4n) is 4.60. The van der Waals surface area contributed by atoms with Crippen LogP contribution in [0.2, 0.25) is 0 Å². The summed E-state index contributed by atoms with van der Waals surface area (Å²) in [5.41, 5.74) is -1.76. The summed E-state index contributed by atoms with van der Waals surface area (Å²) >= 11 is 0.887. The highest BCUT2D eigenvalue weighted by Crippen LogP contribution is 2.29. The predicted molar refractivity (Wildman–Crippen MR) is 149 cm³/mol. The molecule has 0 atom stereocenters. The van der Waals surface area contributed by atoms with Crippen LogP contribution in [0, 0.1) is 0 Å². The molecule has 4 aromatic carbocycles. The average Bonchev–Trinajstić information content (AvgIpc) is 3.28. The highest BCUT2D eigenvalue weighted by molar-refractivity contribution is 7.25. The number of amides is 1. The summed E-state index contributed by atoms with van der Waals surface area (Å²) in [5.74, 6) is -0.915. The molecule has 1 heterocycles. The fourth-order valence-corrected chi connectivity index (χ4v) is 5.81. The van der Waals surface area contributed by atoms with Gasteiger partial charge >= 0.3 is 5.97 Å². The van der Waals surface area contributed by atoms with Crippen molar-refractivity contribution in [3.05, 3.63) is 88.9 Å². The van der Waals surface area contributed by atoms with E-state index in [0.717, 1.165) is 11.3 Å². The van der Waals surface area contributed by atoms with Crippen molar-refractivity contribution in [3.63, 3.8) is 0 Å². The van der Waals surface area contributed by atoms with E-state index in [2.05, 4.69) is 5.32 Å². The molecule has 1 N–H and O–H groups in total. The van der Waals surface area contributed by atoms with Gasteiger partial charge in [-0.15, -0.1) is 11.3 Å². The summed E-state index contributed by atoms with van der Waals surface area (Å²) < 4.78 is 5.36. The van der Waals surface area contributed by atoms with Crippen LogP contribution >= 0.6 is 11.3 Å². The molecule has 0 spiro atoms. The standard InChI is InChI=1S/C29H23NO7S/c1-29(2,3)37-20(32)13-30-19(31)11-9-14-8-10-17-18(12-14)24(34)22-21-23(33)15-6-4-5-7-16(15)25(35)27(21)38-28(22)26(17)36/h4-8,10,12H,9,11,13H2,1-3H3,(H,30,31). The second-order valence-corrected chi connectivity index (χ2v) is 11.1. The Morgan fingerprint density at radius 1 is 0.789 bits per heavy atom. The van der Waals surface area contributed by atoms with Crippen LogP contribution in [-0.2, 0) is 20.7 Å². The van der Waals surface area contributed by atoms with Crippen molar-refractivity contribution in [3.8, 4) is 0 Å². The third kappa shape index (κ3) is 4.39. The Morgan fingerprint density at radius 2 is 1.34 bits per heavy atom. The van der Waals surface area contributed by atoms with Gasteiger partial charge in [0.05, 0.1) is 20.2 Å². The Balaban J connectivity index is 1.52. The molecule has 0 unspecified atom stereocenters. The number of fused-ring (bicyclic) bond motifs is 5. The first-order valence-electron chi connectivity index (χ1n) is 12.0. The van der Waals surface area contributed by atoms with Crippen LogP contribution in [0.25, 0.3) is 41.7 Å². The highest BCUT2D eigenvalue weighted by atomic mass is 32.1. The first kappa shape index (κ1) is 25.4. The van der Waals surface area contributed by atoms with Crippen molar-refractivity contribution < 1.29 is 14.3 Å². The van der Waals surface area contributed by atoms with E-state index in [1.165, 1.54) is 12.1 Å². The van der Waals surface area contributed by atoms with E-state index in [9.17, 15) is 28.8 Å². The van der Waals surface area contributed by atoms with E-state index >= 15 is 0 Å². The minimum absolute atomic E-state index is 0.00961. The molecule has 0 saturated heterocycles. The van der Waals surface area contributed by atoms with Gasteiger partial charge in [0.2, 0.25) is 16.8 Å². The molecule has 0 bridgehead atoms. The topological polar surface area (TPSA) is 124 Å². The van der Waals surface area contributed by atoms with Gasteiger partial charge in [-0.05, 0) is 44.9 Å². The number of hydrogen-bond donors (Lipinski definition) is 1. The number of carbonyl (C=O) groups is 2. The maximum absolute atomic E-state index is 13.6. The van der Waals surface area contributed by atoms with Crippen LogP contribution in [-0.4, -0.2) is 24.0 Å². The summed E-state index contributed by atoms with van der Waals surface area (Å²) in [5, 5.41) is 3.27. The number of rotatable bonds is 5. The van der Waals surface area contributed by atoms with Crippen molar-refractivity contribution >= 4 is 64.9 Å². The van der Waals surface area contributed by atoms with Gasteiger partial charge < -0.3 is 10.1 Å². The maximum atomic E-state index is 13.6. The summed E-state index contributed by atoms with van der Waals surface area (Å²) in [6.07, 6.45) is 0.306. The van der Waals surface area contributed by atoms with Gasteiger partial charge in [-0.1, -0.05) is 30.3 Å². The van der Waals surface area contributed by atoms with E-state index in [0.29, 0.717) is 5.56 Å². The Kier molecular flexibility index (Phi) is 6.19. The Morgan fingerprint density at radius 3 is 1.95 bits per heavy atom. The molecule has 5 rings (SSSR count). The molecule has 0 radical (unpaired) electrons. The van der Waals surface area contributed by atoms with Crippen LogP contribution in [0.15, 0.2) is 61.6 Å². The monoisotopic (exact) mass is 529 g/mol. The van der Waals surface area contributed by atoms with E-state index in [1.54, 1.807) is 51.1 Å². The predicted octanol–water partition coefficient (Wildman–Crippen LogP) is 3.07. The molecule has 1 aromatic heterocycles.